The van der Waals surface area contributed by atoms with Crippen LogP contribution in [-0.2, 0) is 35.2 Å². The fourth-order valence-corrected chi connectivity index (χ4v) is 2.86. The maximum absolute atomic E-state index is 12.6. The Kier molecular flexibility index (Phi) is 9.15. The van der Waals surface area contributed by atoms with E-state index in [2.05, 4.69) is 9.73 Å². The van der Waals surface area contributed by atoms with E-state index in [0.717, 1.165) is 0 Å². The summed E-state index contributed by atoms with van der Waals surface area (Å²) in [6, 6.07) is -1.25. The monoisotopic (exact) mass is 447 g/mol. The zero-order valence-corrected chi connectivity index (χ0v) is 18.4. The quantitative estimate of drug-likeness (QED) is 0.436. The predicted octanol–water partition coefficient (Wildman–Crippen LogP) is 1.89. The highest BCUT2D eigenvalue weighted by molar-refractivity contribution is 8.14. The maximum atomic E-state index is 12.6. The molecule has 0 aliphatic carbocycles. The summed E-state index contributed by atoms with van der Waals surface area (Å²) in [5, 5.41) is 1.60. The van der Waals surface area contributed by atoms with Gasteiger partial charge in [0.2, 0.25) is 12.7 Å². The molecule has 0 aliphatic heterocycles. The van der Waals surface area contributed by atoms with Crippen molar-refractivity contribution in [2.24, 2.45) is 5.92 Å². The van der Waals surface area contributed by atoms with E-state index in [0.29, 0.717) is 11.8 Å². The summed E-state index contributed by atoms with van der Waals surface area (Å²) >= 11 is 0.609. The molecule has 0 fully saturated rings. The molecule has 1 rings (SSSR count). The van der Waals surface area contributed by atoms with Crippen LogP contribution in [-0.4, -0.2) is 40.7 Å². The van der Waals surface area contributed by atoms with E-state index in [1.54, 1.807) is 13.8 Å². The van der Waals surface area contributed by atoms with Crippen LogP contribution < -0.4 is 11.1 Å². The van der Waals surface area contributed by atoms with E-state index >= 15 is 0 Å². The third-order valence-electron chi connectivity index (χ3n) is 3.66. The van der Waals surface area contributed by atoms with Crippen LogP contribution in [0.25, 0.3) is 0 Å². The highest BCUT2D eigenvalue weighted by Crippen LogP contribution is 2.31. The molecular formula is C18H25NO10S. The van der Waals surface area contributed by atoms with Crippen molar-refractivity contribution in [2.75, 3.05) is 6.79 Å². The topological polar surface area (TPSA) is 151 Å². The Bertz CT molecular complexity index is 838. The van der Waals surface area contributed by atoms with Gasteiger partial charge in [0, 0.05) is 6.92 Å². The van der Waals surface area contributed by atoms with Gasteiger partial charge < -0.3 is 28.4 Å². The van der Waals surface area contributed by atoms with Gasteiger partial charge in [-0.2, -0.15) is 0 Å². The van der Waals surface area contributed by atoms with Crippen LogP contribution in [0.3, 0.4) is 0 Å². The fraction of sp³-hybridized carbons (Fsp3) is 0.611. The third kappa shape index (κ3) is 7.93. The summed E-state index contributed by atoms with van der Waals surface area (Å²) in [4.78, 5) is 58.6. The molecular weight excluding hydrogens is 422 g/mol. The van der Waals surface area contributed by atoms with E-state index in [1.807, 2.05) is 0 Å². The number of rotatable bonds is 9. The molecule has 0 bridgehead atoms. The van der Waals surface area contributed by atoms with Crippen molar-refractivity contribution >= 4 is 34.9 Å². The number of amides is 1. The van der Waals surface area contributed by atoms with Crippen LogP contribution in [0.5, 0.6) is 0 Å². The Balaban J connectivity index is 2.75. The lowest BCUT2D eigenvalue weighted by atomic mass is 10.0. The second-order valence-electron chi connectivity index (χ2n) is 7.01. The highest BCUT2D eigenvalue weighted by atomic mass is 32.2. The molecule has 0 spiro atoms. The second kappa shape index (κ2) is 10.9. The molecule has 0 saturated heterocycles. The van der Waals surface area contributed by atoms with Gasteiger partial charge in [-0.3, -0.25) is 9.59 Å². The number of carbonyl (C=O) groups is 4. The summed E-state index contributed by atoms with van der Waals surface area (Å²) < 4.78 is 22.9. The largest absolute Gasteiger partial charge is 0.519 e. The first-order valence-corrected chi connectivity index (χ1v) is 9.70. The Hall–Kier alpha value is -2.76. The van der Waals surface area contributed by atoms with E-state index in [-0.39, 0.29) is 17.4 Å². The van der Waals surface area contributed by atoms with Crippen LogP contribution in [0.1, 0.15) is 46.1 Å². The summed E-state index contributed by atoms with van der Waals surface area (Å²) in [5.74, 6) is -3.08. The van der Waals surface area contributed by atoms with Crippen LogP contribution in [0.15, 0.2) is 13.6 Å². The number of thioether (sulfide) groups is 1. The number of hydrogen-bond donors (Lipinski definition) is 1. The maximum Gasteiger partial charge on any atom is 0.519 e. The SMILES string of the molecule is CC(=O)N[C@@H](C(=O)OCc1oc(=O)oc1C)C(C)(C)SC(=O)OCOC(=O)C(C)C. The lowest BCUT2D eigenvalue weighted by molar-refractivity contribution is -0.155. The smallest absolute Gasteiger partial charge is 0.456 e. The van der Waals surface area contributed by atoms with Gasteiger partial charge in [-0.25, -0.2) is 14.4 Å². The number of carbonyl (C=O) groups excluding carboxylic acids is 4. The van der Waals surface area contributed by atoms with Gasteiger partial charge in [0.05, 0.1) is 10.7 Å². The molecule has 12 heteroatoms. The number of hydrogen-bond acceptors (Lipinski definition) is 11. The molecule has 11 nitrogen and oxygen atoms in total. The summed E-state index contributed by atoms with van der Waals surface area (Å²) in [6.07, 6.45) is 0. The number of aryl methyl sites for hydroxylation is 1. The molecule has 1 aromatic rings. The van der Waals surface area contributed by atoms with Crippen molar-refractivity contribution in [3.05, 3.63) is 22.1 Å². The van der Waals surface area contributed by atoms with Crippen molar-refractivity contribution < 1.29 is 42.2 Å². The Morgan fingerprint density at radius 1 is 1.07 bits per heavy atom. The molecule has 0 saturated carbocycles. The first-order valence-electron chi connectivity index (χ1n) is 8.89. The number of esters is 2. The van der Waals surface area contributed by atoms with Crippen molar-refractivity contribution in [1.29, 1.82) is 0 Å². The first-order chi connectivity index (χ1) is 13.8. The van der Waals surface area contributed by atoms with Crippen LogP contribution >= 0.6 is 11.8 Å². The van der Waals surface area contributed by atoms with Gasteiger partial charge in [0.25, 0.3) is 0 Å². The fourth-order valence-electron chi connectivity index (χ4n) is 2.05. The van der Waals surface area contributed by atoms with Gasteiger partial charge in [-0.05, 0) is 32.5 Å². The van der Waals surface area contributed by atoms with Crippen LogP contribution in [0, 0.1) is 12.8 Å². The summed E-state index contributed by atoms with van der Waals surface area (Å²) in [7, 11) is 0. The van der Waals surface area contributed by atoms with Crippen LogP contribution in [0.4, 0.5) is 4.79 Å². The normalized spacial score (nSPS) is 12.2. The molecule has 0 aromatic carbocycles. The molecule has 30 heavy (non-hydrogen) atoms. The van der Waals surface area contributed by atoms with E-state index < -0.39 is 53.2 Å². The van der Waals surface area contributed by atoms with Crippen molar-refractivity contribution in [1.82, 2.24) is 5.32 Å². The molecule has 0 radical (unpaired) electrons. The zero-order valence-electron chi connectivity index (χ0n) is 17.6. The minimum atomic E-state index is -1.25. The van der Waals surface area contributed by atoms with Crippen LogP contribution in [0.2, 0.25) is 0 Å². The minimum absolute atomic E-state index is 0.0202. The lowest BCUT2D eigenvalue weighted by Gasteiger charge is -2.31. The summed E-state index contributed by atoms with van der Waals surface area (Å²) in [5.41, 5.74) is 0. The van der Waals surface area contributed by atoms with Crippen molar-refractivity contribution in [3.8, 4) is 0 Å². The zero-order chi connectivity index (χ0) is 23.1. The highest BCUT2D eigenvalue weighted by Gasteiger charge is 2.40. The molecule has 1 aromatic heterocycles. The van der Waals surface area contributed by atoms with E-state index in [9.17, 15) is 24.0 Å². The standard InChI is InChI=1S/C18H25NO10S/c1-9(2)14(21)26-8-27-17(24)30-18(5,6)13(19-11(4)20)15(22)25-7-12-10(3)28-16(23)29-12/h9,13H,7-8H2,1-6H3,(H,19,20)/t13-/m0/s1. The average Bonchev–Trinajstić information content (AvgIpc) is 2.93. The average molecular weight is 447 g/mol. The van der Waals surface area contributed by atoms with Crippen molar-refractivity contribution in [3.63, 3.8) is 0 Å². The van der Waals surface area contributed by atoms with E-state index in [1.165, 1.54) is 27.7 Å². The van der Waals surface area contributed by atoms with Gasteiger partial charge in [-0.15, -0.1) is 0 Å². The molecule has 1 N–H and O–H groups in total. The molecule has 1 atom stereocenters. The first kappa shape index (κ1) is 25.3. The Labute approximate surface area is 176 Å². The molecule has 0 aliphatic rings. The summed E-state index contributed by atoms with van der Waals surface area (Å²) in [6.45, 7) is 7.97. The van der Waals surface area contributed by atoms with Gasteiger partial charge in [0.1, 0.15) is 6.04 Å². The van der Waals surface area contributed by atoms with Gasteiger partial charge in [0.15, 0.2) is 18.1 Å². The second-order valence-corrected chi connectivity index (χ2v) is 8.60. The van der Waals surface area contributed by atoms with Gasteiger partial charge >= 0.3 is 23.1 Å². The van der Waals surface area contributed by atoms with Gasteiger partial charge in [-0.1, -0.05) is 13.8 Å². The Morgan fingerprint density at radius 3 is 2.20 bits per heavy atom. The Morgan fingerprint density at radius 2 is 1.70 bits per heavy atom. The molecule has 1 heterocycles. The minimum Gasteiger partial charge on any atom is -0.456 e. The number of nitrogens with one attached hydrogen (secondary N) is 1. The molecule has 168 valence electrons. The predicted molar refractivity (Wildman–Crippen MR) is 103 cm³/mol. The molecule has 0 unspecified atom stereocenters. The van der Waals surface area contributed by atoms with E-state index in [4.69, 9.17) is 18.6 Å². The number of ether oxygens (including phenoxy) is 3. The van der Waals surface area contributed by atoms with Crippen molar-refractivity contribution in [2.45, 2.75) is 58.9 Å². The lowest BCUT2D eigenvalue weighted by Crippen LogP contribution is -2.53. The molecule has 1 amide bonds. The third-order valence-corrected chi connectivity index (χ3v) is 4.70.